The van der Waals surface area contributed by atoms with Crippen LogP contribution >= 0.6 is 0 Å². The third kappa shape index (κ3) is 5.82. The lowest BCUT2D eigenvalue weighted by molar-refractivity contribution is 0.00587. The van der Waals surface area contributed by atoms with Crippen LogP contribution in [0.3, 0.4) is 0 Å². The van der Waals surface area contributed by atoms with E-state index in [-0.39, 0.29) is 12.1 Å². The minimum absolute atomic E-state index is 0.181. The van der Waals surface area contributed by atoms with Gasteiger partial charge in [-0.25, -0.2) is 4.79 Å². The molecule has 128 valence electrons. The fourth-order valence-electron chi connectivity index (χ4n) is 2.98. The number of nitrogens with zero attached hydrogens (tertiary/aromatic N) is 3. The van der Waals surface area contributed by atoms with Gasteiger partial charge < -0.3 is 14.5 Å². The van der Waals surface area contributed by atoms with Crippen molar-refractivity contribution in [3.63, 3.8) is 0 Å². The van der Waals surface area contributed by atoms with Crippen LogP contribution in [-0.4, -0.2) is 52.7 Å². The van der Waals surface area contributed by atoms with Crippen molar-refractivity contribution in [1.29, 1.82) is 0 Å². The quantitative estimate of drug-likeness (QED) is 0.854. The third-order valence-corrected chi connectivity index (χ3v) is 3.98. The maximum atomic E-state index is 12.4. The van der Waals surface area contributed by atoms with Crippen LogP contribution in [0.15, 0.2) is 24.5 Å². The van der Waals surface area contributed by atoms with E-state index in [4.69, 9.17) is 4.74 Å². The minimum atomic E-state index is -0.442. The van der Waals surface area contributed by atoms with Gasteiger partial charge in [0.15, 0.2) is 0 Å². The molecule has 0 bridgehead atoms. The average molecular weight is 319 g/mol. The van der Waals surface area contributed by atoms with Gasteiger partial charge in [-0.05, 0) is 64.8 Å². The van der Waals surface area contributed by atoms with Gasteiger partial charge in [-0.1, -0.05) is 0 Å². The van der Waals surface area contributed by atoms with Crippen LogP contribution in [0.1, 0.15) is 45.6 Å². The van der Waals surface area contributed by atoms with Crippen LogP contribution in [-0.2, 0) is 11.3 Å². The Morgan fingerprint density at radius 3 is 2.70 bits per heavy atom. The Balaban J connectivity index is 1.94. The molecule has 0 saturated carbocycles. The highest BCUT2D eigenvalue weighted by molar-refractivity contribution is 5.68. The van der Waals surface area contributed by atoms with E-state index in [9.17, 15) is 4.79 Å². The van der Waals surface area contributed by atoms with Crippen LogP contribution in [0.25, 0.3) is 0 Å². The lowest BCUT2D eigenvalue weighted by Crippen LogP contribution is -2.50. The fourth-order valence-corrected chi connectivity index (χ4v) is 2.98. The van der Waals surface area contributed by atoms with Crippen molar-refractivity contribution in [3.8, 4) is 0 Å². The van der Waals surface area contributed by atoms with Crippen molar-refractivity contribution in [2.45, 2.75) is 58.2 Å². The highest BCUT2D eigenvalue weighted by Crippen LogP contribution is 2.21. The van der Waals surface area contributed by atoms with Crippen LogP contribution in [0.4, 0.5) is 4.79 Å². The Morgan fingerprint density at radius 2 is 2.04 bits per heavy atom. The van der Waals surface area contributed by atoms with Crippen molar-refractivity contribution < 1.29 is 9.53 Å². The molecule has 23 heavy (non-hydrogen) atoms. The molecule has 1 saturated heterocycles. The van der Waals surface area contributed by atoms with E-state index in [0.717, 1.165) is 32.5 Å². The number of carbonyl (C=O) groups excluding carboxylic acids is 1. The molecule has 1 fully saturated rings. The Bertz CT molecular complexity index is 499. The lowest BCUT2D eigenvalue weighted by Gasteiger charge is -2.38. The molecule has 1 amide bonds. The summed E-state index contributed by atoms with van der Waals surface area (Å²) in [6.45, 7) is 8.27. The molecule has 0 N–H and O–H groups in total. The zero-order chi connectivity index (χ0) is 16.9. The Labute approximate surface area is 139 Å². The lowest BCUT2D eigenvalue weighted by atomic mass is 10.0. The molecular formula is C18H29N3O2. The molecule has 1 aliphatic rings. The highest BCUT2D eigenvalue weighted by Gasteiger charge is 2.30. The summed E-state index contributed by atoms with van der Waals surface area (Å²) in [4.78, 5) is 20.7. The van der Waals surface area contributed by atoms with Gasteiger partial charge in [-0.2, -0.15) is 0 Å². The predicted molar refractivity (Wildman–Crippen MR) is 91.2 cm³/mol. The number of likely N-dealkylation sites (N-methyl/N-ethyl adjacent to an activating group) is 1. The van der Waals surface area contributed by atoms with Crippen molar-refractivity contribution in [2.75, 3.05) is 20.1 Å². The largest absolute Gasteiger partial charge is 0.444 e. The normalized spacial score (nSPS) is 19.0. The Kier molecular flexibility index (Phi) is 5.99. The summed E-state index contributed by atoms with van der Waals surface area (Å²) < 4.78 is 5.57. The number of aromatic nitrogens is 1. The molecule has 1 aromatic heterocycles. The van der Waals surface area contributed by atoms with Gasteiger partial charge in [0, 0.05) is 38.1 Å². The van der Waals surface area contributed by atoms with Crippen molar-refractivity contribution in [1.82, 2.24) is 14.8 Å². The number of rotatable bonds is 4. The highest BCUT2D eigenvalue weighted by atomic mass is 16.6. The molecule has 0 aliphatic carbocycles. The molecule has 2 heterocycles. The van der Waals surface area contributed by atoms with E-state index < -0.39 is 5.60 Å². The Hall–Kier alpha value is -1.62. The van der Waals surface area contributed by atoms with Gasteiger partial charge in [0.2, 0.25) is 0 Å². The number of likely N-dealkylation sites (tertiary alicyclic amines) is 1. The zero-order valence-electron chi connectivity index (χ0n) is 14.8. The molecule has 0 unspecified atom stereocenters. The molecule has 5 heteroatoms. The molecule has 1 atom stereocenters. The van der Waals surface area contributed by atoms with Crippen LogP contribution in [0.5, 0.6) is 0 Å². The number of pyridine rings is 1. The van der Waals surface area contributed by atoms with Gasteiger partial charge in [0.1, 0.15) is 5.60 Å². The number of amides is 1. The second kappa shape index (κ2) is 7.77. The van der Waals surface area contributed by atoms with Crippen molar-refractivity contribution >= 4 is 6.09 Å². The molecule has 0 radical (unpaired) electrons. The van der Waals surface area contributed by atoms with E-state index >= 15 is 0 Å². The van der Waals surface area contributed by atoms with Gasteiger partial charge >= 0.3 is 6.09 Å². The molecule has 0 spiro atoms. The summed E-state index contributed by atoms with van der Waals surface area (Å²) in [6.07, 6.45) is 6.73. The smallest absolute Gasteiger partial charge is 0.410 e. The first kappa shape index (κ1) is 17.7. The second-order valence-electron chi connectivity index (χ2n) is 7.38. The van der Waals surface area contributed by atoms with E-state index in [2.05, 4.69) is 16.9 Å². The molecular weight excluding hydrogens is 290 g/mol. The van der Waals surface area contributed by atoms with Crippen LogP contribution in [0, 0.1) is 0 Å². The number of hydrogen-bond donors (Lipinski definition) is 0. The summed E-state index contributed by atoms with van der Waals surface area (Å²) in [5.41, 5.74) is 0.796. The number of piperidine rings is 1. The topological polar surface area (TPSA) is 45.7 Å². The SMILES string of the molecule is CN(Cc1ccncc1)C[C@@H]1CCCCN1C(=O)OC(C)(C)C. The van der Waals surface area contributed by atoms with Gasteiger partial charge in [-0.15, -0.1) is 0 Å². The standard InChI is InChI=1S/C18H29N3O2/c1-18(2,3)23-17(22)21-12-6-5-7-16(21)14-20(4)13-15-8-10-19-11-9-15/h8-11,16H,5-7,12-14H2,1-4H3/t16-/m0/s1. The van der Waals surface area contributed by atoms with Crippen molar-refractivity contribution in [3.05, 3.63) is 30.1 Å². The first-order chi connectivity index (χ1) is 10.8. The average Bonchev–Trinajstić information content (AvgIpc) is 2.47. The summed E-state index contributed by atoms with van der Waals surface area (Å²) in [5.74, 6) is 0. The monoisotopic (exact) mass is 319 g/mol. The molecule has 1 aromatic rings. The van der Waals surface area contributed by atoms with E-state index in [0.29, 0.717) is 0 Å². The van der Waals surface area contributed by atoms with Gasteiger partial charge in [0.05, 0.1) is 0 Å². The summed E-state index contributed by atoms with van der Waals surface area (Å²) in [6, 6.07) is 4.29. The predicted octanol–water partition coefficient (Wildman–Crippen LogP) is 3.30. The molecule has 0 aromatic carbocycles. The summed E-state index contributed by atoms with van der Waals surface area (Å²) >= 11 is 0. The van der Waals surface area contributed by atoms with Crippen LogP contribution < -0.4 is 0 Å². The van der Waals surface area contributed by atoms with E-state index in [1.165, 1.54) is 12.0 Å². The van der Waals surface area contributed by atoms with Crippen molar-refractivity contribution in [2.24, 2.45) is 0 Å². The van der Waals surface area contributed by atoms with Gasteiger partial charge in [0.25, 0.3) is 0 Å². The summed E-state index contributed by atoms with van der Waals surface area (Å²) in [7, 11) is 2.10. The molecule has 2 rings (SSSR count). The van der Waals surface area contributed by atoms with Gasteiger partial charge in [-0.3, -0.25) is 4.98 Å². The first-order valence-corrected chi connectivity index (χ1v) is 8.42. The Morgan fingerprint density at radius 1 is 1.35 bits per heavy atom. The maximum absolute atomic E-state index is 12.4. The second-order valence-corrected chi connectivity index (χ2v) is 7.38. The third-order valence-electron chi connectivity index (χ3n) is 3.98. The zero-order valence-corrected chi connectivity index (χ0v) is 14.8. The fraction of sp³-hybridized carbons (Fsp3) is 0.667. The first-order valence-electron chi connectivity index (χ1n) is 8.42. The number of hydrogen-bond acceptors (Lipinski definition) is 4. The van der Waals surface area contributed by atoms with Crippen LogP contribution in [0.2, 0.25) is 0 Å². The molecule has 1 aliphatic heterocycles. The summed E-state index contributed by atoms with van der Waals surface area (Å²) in [5, 5.41) is 0. The number of carbonyl (C=O) groups is 1. The molecule has 5 nitrogen and oxygen atoms in total. The van der Waals surface area contributed by atoms with E-state index in [1.54, 1.807) is 0 Å². The maximum Gasteiger partial charge on any atom is 0.410 e. The number of ether oxygens (including phenoxy) is 1. The van der Waals surface area contributed by atoms with E-state index in [1.807, 2.05) is 50.2 Å². The minimum Gasteiger partial charge on any atom is -0.444 e.